The van der Waals surface area contributed by atoms with Crippen molar-refractivity contribution in [3.8, 4) is 0 Å². The van der Waals surface area contributed by atoms with Crippen LogP contribution in [0.15, 0.2) is 17.4 Å². The molecule has 0 aliphatic rings. The molecule has 0 atom stereocenters. The fourth-order valence-electron chi connectivity index (χ4n) is 0.855. The summed E-state index contributed by atoms with van der Waals surface area (Å²) < 4.78 is 0. The highest BCUT2D eigenvalue weighted by Gasteiger charge is 2.11. The maximum absolute atomic E-state index is 9.49. The van der Waals surface area contributed by atoms with Gasteiger partial charge in [0, 0.05) is 12.6 Å². The highest BCUT2D eigenvalue weighted by Crippen LogP contribution is 2.14. The average molecular weight is 213 g/mol. The Labute approximate surface area is 88.2 Å². The minimum Gasteiger partial charge on any atom is -0.389 e. The van der Waals surface area contributed by atoms with Gasteiger partial charge >= 0.3 is 0 Å². The number of aliphatic hydroxyl groups is 1. The molecule has 0 aliphatic heterocycles. The summed E-state index contributed by atoms with van der Waals surface area (Å²) in [5, 5.41) is 13.5. The number of rotatable bonds is 4. The molecule has 0 aromatic carbocycles. The summed E-state index contributed by atoms with van der Waals surface area (Å²) in [4.78, 5) is 8.10. The molecule has 0 spiro atoms. The van der Waals surface area contributed by atoms with Gasteiger partial charge < -0.3 is 10.4 Å². The second-order valence-corrected chi connectivity index (χ2v) is 4.44. The highest BCUT2D eigenvalue weighted by molar-refractivity contribution is 7.98. The summed E-state index contributed by atoms with van der Waals surface area (Å²) in [6, 6.07) is 1.86. The van der Waals surface area contributed by atoms with Crippen molar-refractivity contribution >= 4 is 17.6 Å². The lowest BCUT2D eigenvalue weighted by Gasteiger charge is -2.17. The van der Waals surface area contributed by atoms with Crippen LogP contribution in [0.1, 0.15) is 13.8 Å². The Bertz CT molecular complexity index is 298. The largest absolute Gasteiger partial charge is 0.389 e. The van der Waals surface area contributed by atoms with Crippen molar-refractivity contribution in [3.63, 3.8) is 0 Å². The summed E-state index contributed by atoms with van der Waals surface area (Å²) in [5.41, 5.74) is -0.732. The van der Waals surface area contributed by atoms with E-state index in [1.807, 2.05) is 12.3 Å². The second-order valence-electron chi connectivity index (χ2n) is 3.61. The van der Waals surface area contributed by atoms with Crippen molar-refractivity contribution in [1.29, 1.82) is 0 Å². The fourth-order valence-corrected chi connectivity index (χ4v) is 1.24. The zero-order valence-corrected chi connectivity index (χ0v) is 9.43. The van der Waals surface area contributed by atoms with Gasteiger partial charge in [0.05, 0.1) is 5.60 Å². The number of aromatic nitrogens is 2. The van der Waals surface area contributed by atoms with E-state index in [9.17, 15) is 5.11 Å². The molecule has 0 saturated carbocycles. The molecule has 1 aromatic heterocycles. The predicted molar refractivity (Wildman–Crippen MR) is 58.6 cm³/mol. The monoisotopic (exact) mass is 213 g/mol. The van der Waals surface area contributed by atoms with Gasteiger partial charge in [-0.1, -0.05) is 0 Å². The van der Waals surface area contributed by atoms with Gasteiger partial charge in [-0.25, -0.2) is 9.97 Å². The maximum Gasteiger partial charge on any atom is 0.130 e. The van der Waals surface area contributed by atoms with Crippen LogP contribution in [0.2, 0.25) is 0 Å². The van der Waals surface area contributed by atoms with Gasteiger partial charge in [0.25, 0.3) is 0 Å². The quantitative estimate of drug-likeness (QED) is 0.584. The number of thioether (sulfide) groups is 1. The molecule has 1 aromatic rings. The topological polar surface area (TPSA) is 58.0 Å². The molecule has 0 unspecified atom stereocenters. The lowest BCUT2D eigenvalue weighted by Crippen LogP contribution is -2.29. The van der Waals surface area contributed by atoms with Crippen molar-refractivity contribution < 1.29 is 5.11 Å². The molecule has 4 nitrogen and oxygen atoms in total. The Balaban J connectivity index is 2.59. The van der Waals surface area contributed by atoms with E-state index in [0.29, 0.717) is 6.54 Å². The van der Waals surface area contributed by atoms with Gasteiger partial charge in [0.2, 0.25) is 0 Å². The van der Waals surface area contributed by atoms with Crippen molar-refractivity contribution in [2.75, 3.05) is 18.1 Å². The Hall–Kier alpha value is -0.810. The van der Waals surface area contributed by atoms with Crippen LogP contribution in [0.4, 0.5) is 5.82 Å². The van der Waals surface area contributed by atoms with E-state index in [4.69, 9.17) is 0 Å². The Kier molecular flexibility index (Phi) is 3.71. The summed E-state index contributed by atoms with van der Waals surface area (Å²) in [5.74, 6) is 0.742. The standard InChI is InChI=1S/C9H15N3OS/c1-9(2,13)5-10-7-4-8(14-3)12-6-11-7/h4,6,13H,5H2,1-3H3,(H,10,11,12). The van der Waals surface area contributed by atoms with Crippen LogP contribution in [0.3, 0.4) is 0 Å². The molecule has 0 fully saturated rings. The first-order valence-electron chi connectivity index (χ1n) is 4.33. The van der Waals surface area contributed by atoms with Crippen LogP contribution < -0.4 is 5.32 Å². The van der Waals surface area contributed by atoms with Gasteiger partial charge in [-0.3, -0.25) is 0 Å². The molecule has 2 N–H and O–H groups in total. The van der Waals surface area contributed by atoms with Crippen molar-refractivity contribution in [2.45, 2.75) is 24.5 Å². The van der Waals surface area contributed by atoms with Crippen molar-refractivity contribution in [1.82, 2.24) is 9.97 Å². The fraction of sp³-hybridized carbons (Fsp3) is 0.556. The van der Waals surface area contributed by atoms with Crippen LogP contribution in [0.25, 0.3) is 0 Å². The molecule has 14 heavy (non-hydrogen) atoms. The first-order valence-corrected chi connectivity index (χ1v) is 5.56. The summed E-state index contributed by atoms with van der Waals surface area (Å²) in [7, 11) is 0. The van der Waals surface area contributed by atoms with Crippen LogP contribution in [-0.4, -0.2) is 33.5 Å². The molecule has 1 heterocycles. The number of hydrogen-bond acceptors (Lipinski definition) is 5. The minimum atomic E-state index is -0.732. The smallest absolute Gasteiger partial charge is 0.130 e. The second kappa shape index (κ2) is 4.61. The first-order chi connectivity index (χ1) is 6.51. The zero-order valence-electron chi connectivity index (χ0n) is 8.61. The summed E-state index contributed by atoms with van der Waals surface area (Å²) >= 11 is 1.56. The van der Waals surface area contributed by atoms with Gasteiger partial charge in [-0.15, -0.1) is 11.8 Å². The molecular formula is C9H15N3OS. The normalized spacial score (nSPS) is 11.4. The van der Waals surface area contributed by atoms with Gasteiger partial charge in [0.15, 0.2) is 0 Å². The Morgan fingerprint density at radius 3 is 2.79 bits per heavy atom. The molecule has 0 aliphatic carbocycles. The van der Waals surface area contributed by atoms with Crippen molar-refractivity contribution in [3.05, 3.63) is 12.4 Å². The van der Waals surface area contributed by atoms with Crippen molar-refractivity contribution in [2.24, 2.45) is 0 Å². The highest BCUT2D eigenvalue weighted by atomic mass is 32.2. The molecule has 5 heteroatoms. The summed E-state index contributed by atoms with van der Waals surface area (Å²) in [6.45, 7) is 3.96. The number of nitrogens with zero attached hydrogens (tertiary/aromatic N) is 2. The van der Waals surface area contributed by atoms with Crippen LogP contribution in [-0.2, 0) is 0 Å². The molecular weight excluding hydrogens is 198 g/mol. The molecule has 0 bridgehead atoms. The number of nitrogens with one attached hydrogen (secondary N) is 1. The molecule has 1 rings (SSSR count). The molecule has 0 saturated heterocycles. The SMILES string of the molecule is CSc1cc(NCC(C)(C)O)ncn1. The van der Waals surface area contributed by atoms with E-state index in [0.717, 1.165) is 10.8 Å². The summed E-state index contributed by atoms with van der Waals surface area (Å²) in [6.07, 6.45) is 3.47. The van der Waals surface area contributed by atoms with Crippen LogP contribution in [0.5, 0.6) is 0 Å². The third kappa shape index (κ3) is 3.93. The van der Waals surface area contributed by atoms with E-state index in [1.165, 1.54) is 6.33 Å². The Morgan fingerprint density at radius 1 is 1.50 bits per heavy atom. The van der Waals surface area contributed by atoms with Crippen LogP contribution in [0, 0.1) is 0 Å². The first kappa shape index (κ1) is 11.3. The maximum atomic E-state index is 9.49. The minimum absolute atomic E-state index is 0.470. The van der Waals surface area contributed by atoms with Gasteiger partial charge in [0.1, 0.15) is 17.2 Å². The van der Waals surface area contributed by atoms with E-state index in [-0.39, 0.29) is 0 Å². The third-order valence-corrected chi connectivity index (χ3v) is 2.19. The van der Waals surface area contributed by atoms with E-state index in [1.54, 1.807) is 25.6 Å². The molecule has 78 valence electrons. The number of anilines is 1. The number of hydrogen-bond donors (Lipinski definition) is 2. The van der Waals surface area contributed by atoms with E-state index < -0.39 is 5.60 Å². The average Bonchev–Trinajstić information content (AvgIpc) is 2.14. The molecule has 0 amide bonds. The van der Waals surface area contributed by atoms with E-state index >= 15 is 0 Å². The Morgan fingerprint density at radius 2 is 2.21 bits per heavy atom. The molecule has 0 radical (unpaired) electrons. The van der Waals surface area contributed by atoms with Gasteiger partial charge in [-0.2, -0.15) is 0 Å². The lowest BCUT2D eigenvalue weighted by molar-refractivity contribution is 0.0944. The zero-order chi connectivity index (χ0) is 10.6. The van der Waals surface area contributed by atoms with Crippen LogP contribution >= 0.6 is 11.8 Å². The van der Waals surface area contributed by atoms with E-state index in [2.05, 4.69) is 15.3 Å². The third-order valence-electron chi connectivity index (χ3n) is 1.55. The predicted octanol–water partition coefficient (Wildman–Crippen LogP) is 1.38. The lowest BCUT2D eigenvalue weighted by atomic mass is 10.1. The van der Waals surface area contributed by atoms with Gasteiger partial charge in [-0.05, 0) is 20.1 Å².